The number of esters is 2. The molecule has 3 aromatic carbocycles. The van der Waals surface area contributed by atoms with Gasteiger partial charge >= 0.3 is 11.9 Å². The predicted molar refractivity (Wildman–Crippen MR) is 121 cm³/mol. The molecule has 33 heavy (non-hydrogen) atoms. The van der Waals surface area contributed by atoms with Crippen molar-refractivity contribution in [3.63, 3.8) is 0 Å². The number of ether oxygens (including phenoxy) is 3. The monoisotopic (exact) mass is 464 g/mol. The molecule has 1 heterocycles. The van der Waals surface area contributed by atoms with E-state index in [0.29, 0.717) is 21.9 Å². The number of methoxy groups -OCH3 is 1. The summed E-state index contributed by atoms with van der Waals surface area (Å²) >= 11 is 5.92. The van der Waals surface area contributed by atoms with Crippen LogP contribution in [0.2, 0.25) is 5.02 Å². The molecule has 0 aliphatic carbocycles. The summed E-state index contributed by atoms with van der Waals surface area (Å²) in [7, 11) is 1.29. The predicted octanol–water partition coefficient (Wildman–Crippen LogP) is 5.55. The Morgan fingerprint density at radius 1 is 0.879 bits per heavy atom. The second-order valence-electron chi connectivity index (χ2n) is 6.99. The number of halogens is 1. The van der Waals surface area contributed by atoms with Gasteiger partial charge in [0.05, 0.1) is 23.6 Å². The Bertz CT molecular complexity index is 1420. The minimum absolute atomic E-state index is 0.0111. The molecule has 0 aliphatic rings. The zero-order chi connectivity index (χ0) is 23.5. The van der Waals surface area contributed by atoms with E-state index >= 15 is 0 Å². The number of hydrogen-bond donors (Lipinski definition) is 0. The van der Waals surface area contributed by atoms with Gasteiger partial charge in [0.2, 0.25) is 11.2 Å². The number of hydrogen-bond acceptors (Lipinski definition) is 7. The third-order valence-corrected chi connectivity index (χ3v) is 4.99. The third-order valence-electron chi connectivity index (χ3n) is 4.75. The molecule has 0 amide bonds. The van der Waals surface area contributed by atoms with Crippen molar-refractivity contribution < 1.29 is 28.2 Å². The lowest BCUT2D eigenvalue weighted by molar-refractivity contribution is 0.0600. The van der Waals surface area contributed by atoms with E-state index in [0.717, 1.165) is 0 Å². The Labute approximate surface area is 193 Å². The van der Waals surface area contributed by atoms with Crippen molar-refractivity contribution in [2.45, 2.75) is 6.92 Å². The molecule has 0 radical (unpaired) electrons. The molecular weight excluding hydrogens is 448 g/mol. The quantitative estimate of drug-likeness (QED) is 0.282. The molecule has 0 atom stereocenters. The summed E-state index contributed by atoms with van der Waals surface area (Å²) in [5, 5.41) is 0.668. The first-order valence-electron chi connectivity index (χ1n) is 9.77. The molecule has 166 valence electrons. The topological polar surface area (TPSA) is 92.0 Å². The summed E-state index contributed by atoms with van der Waals surface area (Å²) in [6.07, 6.45) is 0. The van der Waals surface area contributed by atoms with Gasteiger partial charge in [-0.25, -0.2) is 9.59 Å². The number of carbonyl (C=O) groups excluding carboxylic acids is 2. The fourth-order valence-corrected chi connectivity index (χ4v) is 3.32. The summed E-state index contributed by atoms with van der Waals surface area (Å²) < 4.78 is 21.5. The van der Waals surface area contributed by atoms with Crippen LogP contribution >= 0.6 is 11.6 Å². The van der Waals surface area contributed by atoms with Gasteiger partial charge in [0.25, 0.3) is 0 Å². The molecular formula is C25H17ClO7. The molecule has 0 bridgehead atoms. The van der Waals surface area contributed by atoms with Crippen LogP contribution in [0.25, 0.3) is 11.0 Å². The van der Waals surface area contributed by atoms with Crippen molar-refractivity contribution in [2.75, 3.05) is 7.11 Å². The number of rotatable bonds is 5. The molecule has 4 aromatic rings. The van der Waals surface area contributed by atoms with Crippen LogP contribution in [0.4, 0.5) is 0 Å². The maximum Gasteiger partial charge on any atom is 0.343 e. The SMILES string of the molecule is COC(=O)c1ccc(Oc2c(C)oc3cc(OC(=O)c4cccc(Cl)c4)ccc3c2=O)cc1. The number of aryl methyl sites for hydroxylation is 1. The fraction of sp³-hybridized carbons (Fsp3) is 0.0800. The van der Waals surface area contributed by atoms with Gasteiger partial charge in [-0.15, -0.1) is 0 Å². The molecule has 0 aliphatic heterocycles. The molecule has 8 heteroatoms. The summed E-state index contributed by atoms with van der Waals surface area (Å²) in [6.45, 7) is 1.59. The summed E-state index contributed by atoms with van der Waals surface area (Å²) in [4.78, 5) is 36.9. The van der Waals surface area contributed by atoms with Gasteiger partial charge in [0.15, 0.2) is 0 Å². The van der Waals surface area contributed by atoms with Crippen LogP contribution < -0.4 is 14.9 Å². The largest absolute Gasteiger partial charge is 0.465 e. The fourth-order valence-electron chi connectivity index (χ4n) is 3.13. The van der Waals surface area contributed by atoms with E-state index in [1.54, 1.807) is 37.3 Å². The van der Waals surface area contributed by atoms with Crippen LogP contribution in [0.1, 0.15) is 26.5 Å². The zero-order valence-electron chi connectivity index (χ0n) is 17.6. The smallest absolute Gasteiger partial charge is 0.343 e. The highest BCUT2D eigenvalue weighted by Gasteiger charge is 2.16. The van der Waals surface area contributed by atoms with E-state index < -0.39 is 17.4 Å². The molecule has 0 spiro atoms. The highest BCUT2D eigenvalue weighted by Crippen LogP contribution is 2.28. The van der Waals surface area contributed by atoms with Crippen molar-refractivity contribution in [1.29, 1.82) is 0 Å². The highest BCUT2D eigenvalue weighted by molar-refractivity contribution is 6.30. The van der Waals surface area contributed by atoms with Gasteiger partial charge in [-0.1, -0.05) is 17.7 Å². The second kappa shape index (κ2) is 9.18. The first kappa shape index (κ1) is 22.1. The average molecular weight is 465 g/mol. The molecule has 0 N–H and O–H groups in total. The molecule has 0 saturated heterocycles. The molecule has 7 nitrogen and oxygen atoms in total. The first-order chi connectivity index (χ1) is 15.9. The maximum absolute atomic E-state index is 13.0. The van der Waals surface area contributed by atoms with Crippen molar-refractivity contribution >= 4 is 34.5 Å². The van der Waals surface area contributed by atoms with Crippen LogP contribution in [0.5, 0.6) is 17.2 Å². The molecule has 4 rings (SSSR count). The van der Waals surface area contributed by atoms with Crippen LogP contribution in [0.15, 0.2) is 75.9 Å². The third kappa shape index (κ3) is 4.73. The minimum Gasteiger partial charge on any atom is -0.465 e. The summed E-state index contributed by atoms with van der Waals surface area (Å²) in [6, 6.07) is 17.0. The minimum atomic E-state index is -0.591. The van der Waals surface area contributed by atoms with Crippen LogP contribution in [0, 0.1) is 6.92 Å². The van der Waals surface area contributed by atoms with E-state index in [1.807, 2.05) is 0 Å². The van der Waals surface area contributed by atoms with Gasteiger partial charge in [-0.05, 0) is 61.5 Å². The zero-order valence-corrected chi connectivity index (χ0v) is 18.3. The van der Waals surface area contributed by atoms with Crippen molar-refractivity contribution in [2.24, 2.45) is 0 Å². The Kier molecular flexibility index (Phi) is 6.15. The average Bonchev–Trinajstić information content (AvgIpc) is 2.81. The highest BCUT2D eigenvalue weighted by atomic mass is 35.5. The lowest BCUT2D eigenvalue weighted by Gasteiger charge is -2.10. The van der Waals surface area contributed by atoms with Crippen LogP contribution in [-0.2, 0) is 4.74 Å². The van der Waals surface area contributed by atoms with E-state index in [9.17, 15) is 14.4 Å². The Morgan fingerprint density at radius 3 is 2.30 bits per heavy atom. The first-order valence-corrected chi connectivity index (χ1v) is 10.1. The van der Waals surface area contributed by atoms with Gasteiger partial charge in [-0.2, -0.15) is 0 Å². The Balaban J connectivity index is 1.60. The molecule has 1 aromatic heterocycles. The van der Waals surface area contributed by atoms with E-state index in [4.69, 9.17) is 25.5 Å². The van der Waals surface area contributed by atoms with Gasteiger partial charge < -0.3 is 18.6 Å². The van der Waals surface area contributed by atoms with Crippen molar-refractivity contribution in [3.8, 4) is 17.2 Å². The Hall–Kier alpha value is -4.10. The van der Waals surface area contributed by atoms with E-state index in [2.05, 4.69) is 4.74 Å². The van der Waals surface area contributed by atoms with Gasteiger partial charge in [-0.3, -0.25) is 4.79 Å². The van der Waals surface area contributed by atoms with Gasteiger partial charge in [0, 0.05) is 11.1 Å². The molecule has 0 unspecified atom stereocenters. The van der Waals surface area contributed by atoms with Gasteiger partial charge in [0.1, 0.15) is 22.8 Å². The molecule has 0 saturated carbocycles. The van der Waals surface area contributed by atoms with Crippen molar-refractivity contribution in [1.82, 2.24) is 0 Å². The number of carbonyl (C=O) groups is 2. The van der Waals surface area contributed by atoms with Crippen molar-refractivity contribution in [3.05, 3.63) is 98.9 Å². The van der Waals surface area contributed by atoms with E-state index in [-0.39, 0.29) is 28.2 Å². The second-order valence-corrected chi connectivity index (χ2v) is 7.43. The Morgan fingerprint density at radius 2 is 1.61 bits per heavy atom. The normalized spacial score (nSPS) is 10.6. The lowest BCUT2D eigenvalue weighted by Crippen LogP contribution is -2.10. The van der Waals surface area contributed by atoms with Crippen LogP contribution in [0.3, 0.4) is 0 Å². The molecule has 0 fully saturated rings. The summed E-state index contributed by atoms with van der Waals surface area (Å²) in [5.74, 6) is -0.257. The lowest BCUT2D eigenvalue weighted by atomic mass is 10.2. The number of benzene rings is 3. The maximum atomic E-state index is 13.0. The van der Waals surface area contributed by atoms with E-state index in [1.165, 1.54) is 43.5 Å². The standard InChI is InChI=1S/C25H17ClO7/c1-14-23(32-18-8-6-15(7-9-18)24(28)30-2)22(27)20-11-10-19(13-21(20)31-14)33-25(29)16-4-3-5-17(26)12-16/h3-13H,1-2H3. The van der Waals surface area contributed by atoms with Crippen LogP contribution in [-0.4, -0.2) is 19.0 Å². The summed E-state index contributed by atoms with van der Waals surface area (Å²) in [5.41, 5.74) is 0.495. The number of fused-ring (bicyclic) bond motifs is 1.